The molecular formula is C37H46N8O7. The molecule has 0 unspecified atom stereocenters. The number of methoxy groups -OCH3 is 2. The molecule has 2 amide bonds. The van der Waals surface area contributed by atoms with Crippen LogP contribution in [0.4, 0.5) is 27.9 Å². The molecule has 0 aliphatic rings. The van der Waals surface area contributed by atoms with Gasteiger partial charge in [0.25, 0.3) is 0 Å². The molecule has 15 heteroatoms. The smallest absolute Gasteiger partial charge is 0.341 e. The van der Waals surface area contributed by atoms with Gasteiger partial charge < -0.3 is 33.7 Å². The summed E-state index contributed by atoms with van der Waals surface area (Å²) in [4.78, 5) is 22.2. The zero-order chi connectivity index (χ0) is 37.1. The van der Waals surface area contributed by atoms with Gasteiger partial charge in [-0.2, -0.15) is 10.1 Å². The minimum atomic E-state index is -0.521. The highest BCUT2D eigenvalue weighted by molar-refractivity contribution is 6.08. The van der Waals surface area contributed by atoms with Crippen molar-refractivity contribution in [3.8, 4) is 23.1 Å². The fourth-order valence-electron chi connectivity index (χ4n) is 5.01. The Morgan fingerprint density at radius 1 is 0.885 bits per heavy atom. The van der Waals surface area contributed by atoms with Crippen LogP contribution in [0.2, 0.25) is 0 Å². The van der Waals surface area contributed by atoms with E-state index in [-0.39, 0.29) is 5.41 Å². The summed E-state index contributed by atoms with van der Waals surface area (Å²) in [6.45, 7) is 8.93. The minimum absolute atomic E-state index is 0.180. The third-order valence-corrected chi connectivity index (χ3v) is 7.74. The molecular weight excluding hydrogens is 668 g/mol. The van der Waals surface area contributed by atoms with Gasteiger partial charge in [-0.1, -0.05) is 45.0 Å². The van der Waals surface area contributed by atoms with Crippen molar-refractivity contribution in [3.63, 3.8) is 0 Å². The van der Waals surface area contributed by atoms with Gasteiger partial charge in [-0.05, 0) is 12.1 Å². The van der Waals surface area contributed by atoms with Gasteiger partial charge in [-0.25, -0.2) is 20.6 Å². The number of ether oxygens (including phenoxy) is 6. The number of nitrogens with two attached hydrogens (primary N) is 1. The molecule has 0 radical (unpaired) electrons. The van der Waals surface area contributed by atoms with Gasteiger partial charge in [-0.15, -0.1) is 0 Å². The molecule has 0 bridgehead atoms. The van der Waals surface area contributed by atoms with E-state index in [0.29, 0.717) is 91.3 Å². The largest absolute Gasteiger partial charge is 0.497 e. The van der Waals surface area contributed by atoms with E-state index in [1.54, 1.807) is 62.5 Å². The molecule has 276 valence electrons. The highest BCUT2D eigenvalue weighted by Crippen LogP contribution is 2.36. The Bertz CT molecular complexity index is 1950. The Balaban J connectivity index is 1.25. The summed E-state index contributed by atoms with van der Waals surface area (Å²) in [7, 11) is 4.98. The second-order valence-electron chi connectivity index (χ2n) is 12.6. The van der Waals surface area contributed by atoms with E-state index in [9.17, 15) is 4.79 Å². The van der Waals surface area contributed by atoms with Gasteiger partial charge in [0.1, 0.15) is 29.7 Å². The van der Waals surface area contributed by atoms with Crippen LogP contribution in [0.15, 0.2) is 72.9 Å². The summed E-state index contributed by atoms with van der Waals surface area (Å²) in [6.07, 6.45) is 1.59. The molecule has 0 spiro atoms. The third kappa shape index (κ3) is 10.1. The Morgan fingerprint density at radius 3 is 2.31 bits per heavy atom. The second-order valence-corrected chi connectivity index (χ2v) is 12.6. The van der Waals surface area contributed by atoms with Gasteiger partial charge in [-0.3, -0.25) is 10.00 Å². The second kappa shape index (κ2) is 17.6. The lowest BCUT2D eigenvalue weighted by Gasteiger charge is -2.20. The normalized spacial score (nSPS) is 11.4. The van der Waals surface area contributed by atoms with Crippen molar-refractivity contribution in [3.05, 3.63) is 78.6 Å². The number of hydrogen-bond acceptors (Lipinski definition) is 12. The molecule has 15 nitrogen and oxygen atoms in total. The molecule has 4 N–H and O–H groups in total. The van der Waals surface area contributed by atoms with Gasteiger partial charge in [0, 0.05) is 72.6 Å². The van der Waals surface area contributed by atoms with Gasteiger partial charge in [0.15, 0.2) is 0 Å². The van der Waals surface area contributed by atoms with Crippen molar-refractivity contribution in [1.82, 2.24) is 19.7 Å². The third-order valence-electron chi connectivity index (χ3n) is 7.74. The van der Waals surface area contributed by atoms with Crippen LogP contribution < -0.4 is 35.7 Å². The molecule has 2 aromatic heterocycles. The molecule has 5 rings (SSSR count). The highest BCUT2D eigenvalue weighted by Gasteiger charge is 2.22. The summed E-state index contributed by atoms with van der Waals surface area (Å²) in [5.74, 6) is 9.18. The lowest BCUT2D eigenvalue weighted by Crippen LogP contribution is -2.41. The number of benzene rings is 3. The quantitative estimate of drug-likeness (QED) is 0.0434. The molecule has 3 aromatic carbocycles. The first-order valence-electron chi connectivity index (χ1n) is 16.7. The van der Waals surface area contributed by atoms with Crippen LogP contribution in [0.3, 0.4) is 0 Å². The number of carbonyl (C=O) groups is 1. The topological polar surface area (TPSA) is 169 Å². The number of fused-ring (bicyclic) bond motifs is 1. The van der Waals surface area contributed by atoms with Crippen molar-refractivity contribution in [1.29, 1.82) is 0 Å². The maximum Gasteiger partial charge on any atom is 0.341 e. The van der Waals surface area contributed by atoms with Crippen molar-refractivity contribution in [2.24, 2.45) is 12.9 Å². The predicted molar refractivity (Wildman–Crippen MR) is 199 cm³/mol. The zero-order valence-corrected chi connectivity index (χ0v) is 30.3. The van der Waals surface area contributed by atoms with E-state index < -0.39 is 6.03 Å². The van der Waals surface area contributed by atoms with Gasteiger partial charge >= 0.3 is 6.03 Å². The van der Waals surface area contributed by atoms with Crippen LogP contribution in [-0.4, -0.2) is 79.6 Å². The maximum absolute atomic E-state index is 13.3. The number of aryl methyl sites for hydroxylation is 1. The maximum atomic E-state index is 13.3. The molecule has 0 saturated heterocycles. The molecule has 0 aliphatic heterocycles. The van der Waals surface area contributed by atoms with Crippen LogP contribution in [0, 0.1) is 0 Å². The number of anilines is 4. The van der Waals surface area contributed by atoms with Crippen molar-refractivity contribution >= 4 is 39.9 Å². The van der Waals surface area contributed by atoms with E-state index in [1.807, 2.05) is 36.4 Å². The molecule has 52 heavy (non-hydrogen) atoms. The number of hydrogen-bond donors (Lipinski definition) is 3. The van der Waals surface area contributed by atoms with Crippen LogP contribution in [-0.2, 0) is 26.7 Å². The van der Waals surface area contributed by atoms with E-state index in [0.717, 1.165) is 16.1 Å². The predicted octanol–water partition coefficient (Wildman–Crippen LogP) is 6.18. The number of urea groups is 1. The molecule has 0 atom stereocenters. The van der Waals surface area contributed by atoms with Crippen molar-refractivity contribution < 1.29 is 33.2 Å². The van der Waals surface area contributed by atoms with Crippen LogP contribution in [0.1, 0.15) is 26.5 Å². The molecule has 0 fully saturated rings. The minimum Gasteiger partial charge on any atom is -0.497 e. The Kier molecular flexibility index (Phi) is 12.8. The van der Waals surface area contributed by atoms with Gasteiger partial charge in [0.2, 0.25) is 11.8 Å². The first-order valence-corrected chi connectivity index (χ1v) is 16.7. The van der Waals surface area contributed by atoms with Crippen LogP contribution in [0.5, 0.6) is 23.1 Å². The first kappa shape index (κ1) is 37.8. The molecule has 0 aliphatic carbocycles. The summed E-state index contributed by atoms with van der Waals surface area (Å²) in [5, 5.41) is 13.1. The number of hydrazine groups is 1. The first-order chi connectivity index (χ1) is 25.0. The lowest BCUT2D eigenvalue weighted by atomic mass is 9.92. The fourth-order valence-corrected chi connectivity index (χ4v) is 5.01. The van der Waals surface area contributed by atoms with Gasteiger partial charge in [0.05, 0.1) is 51.5 Å². The molecule has 5 aromatic rings. The standard InChI is InChI=1S/C37H46N8O7/c1-37(2,3)32-24-33(44(4)43-32)41-36(46)45(38)30-11-12-31(29-10-8-7-9-28(29)30)52-34-13-14-39-35(42-34)40-25-21-26(48-6)23-27(22-25)51-20-19-50-18-17-49-16-15-47-5/h7-14,21-24H,15-20,38H2,1-6H3,(H,41,46)(H,39,40,42). The van der Waals surface area contributed by atoms with E-state index in [4.69, 9.17) is 34.3 Å². The Labute approximate surface area is 302 Å². The highest BCUT2D eigenvalue weighted by atomic mass is 16.6. The Morgan fingerprint density at radius 2 is 1.60 bits per heavy atom. The van der Waals surface area contributed by atoms with Crippen LogP contribution >= 0.6 is 0 Å². The van der Waals surface area contributed by atoms with Crippen LogP contribution in [0.25, 0.3) is 10.8 Å². The van der Waals surface area contributed by atoms with Crippen molar-refractivity contribution in [2.75, 3.05) is 69.5 Å². The average molecular weight is 715 g/mol. The average Bonchev–Trinajstić information content (AvgIpc) is 3.51. The Hall–Kier alpha value is -5.48. The van der Waals surface area contributed by atoms with E-state index in [2.05, 4.69) is 46.5 Å². The van der Waals surface area contributed by atoms with Crippen molar-refractivity contribution in [2.45, 2.75) is 26.2 Å². The molecule has 2 heterocycles. The monoisotopic (exact) mass is 714 g/mol. The number of nitrogens with one attached hydrogen (secondary N) is 2. The summed E-state index contributed by atoms with van der Waals surface area (Å²) >= 11 is 0. The fraction of sp³-hybridized carbons (Fsp3) is 0.351. The SMILES string of the molecule is COCCOCCOCCOc1cc(Nc2nccc(Oc3ccc(N(N)C(=O)Nc4cc(C(C)(C)C)nn4C)c4ccccc34)n2)cc(OC)c1. The number of rotatable bonds is 17. The molecule has 0 saturated carbocycles. The lowest BCUT2D eigenvalue weighted by molar-refractivity contribution is 0.0179. The number of nitrogens with zero attached hydrogens (tertiary/aromatic N) is 5. The summed E-state index contributed by atoms with van der Waals surface area (Å²) in [6, 6.07) is 19.3. The van der Waals surface area contributed by atoms with E-state index >= 15 is 0 Å². The number of carbonyl (C=O) groups excluding carboxylic acids is 1. The number of amides is 2. The van der Waals surface area contributed by atoms with E-state index in [1.165, 1.54) is 0 Å². The summed E-state index contributed by atoms with van der Waals surface area (Å²) in [5.41, 5.74) is 1.80. The zero-order valence-electron chi connectivity index (χ0n) is 30.3. The summed E-state index contributed by atoms with van der Waals surface area (Å²) < 4.78 is 35.2. The number of aromatic nitrogens is 4.